The average Bonchev–Trinajstić information content (AvgIpc) is 2.61. The predicted molar refractivity (Wildman–Crippen MR) is 101 cm³/mol. The van der Waals surface area contributed by atoms with Crippen LogP contribution in [0.25, 0.3) is 0 Å². The molecule has 0 saturated carbocycles. The molecule has 0 aromatic heterocycles. The minimum atomic E-state index is -0.248. The molecule has 2 aromatic carbocycles. The minimum absolute atomic E-state index is 0.00978. The number of carbonyl (C=O) groups is 2. The molecule has 2 rings (SSSR count). The van der Waals surface area contributed by atoms with Crippen molar-refractivity contribution in [3.8, 4) is 5.75 Å². The Hall–Kier alpha value is -2.33. The molecule has 4 nitrogen and oxygen atoms in total. The van der Waals surface area contributed by atoms with E-state index in [1.165, 1.54) is 6.92 Å². The van der Waals surface area contributed by atoms with Crippen molar-refractivity contribution in [2.24, 2.45) is 0 Å². The minimum Gasteiger partial charge on any atom is -0.484 e. The molecule has 2 aromatic rings. The van der Waals surface area contributed by atoms with Gasteiger partial charge in [-0.2, -0.15) is 0 Å². The molecule has 0 fully saturated rings. The standard InChI is InChI=1S/C20H22ClNO3/c1-4-14-8-11-18(21)17(5-2)20(14)22-19(24)12-25-16-9-6-15(7-10-16)13(3)23/h6-11H,4-5,12H2,1-3H3,(H,22,24). The summed E-state index contributed by atoms with van der Waals surface area (Å²) < 4.78 is 5.50. The van der Waals surface area contributed by atoms with Crippen LogP contribution in [0, 0.1) is 0 Å². The second-order valence-corrected chi connectivity index (χ2v) is 6.09. The largest absolute Gasteiger partial charge is 0.484 e. The van der Waals surface area contributed by atoms with E-state index in [2.05, 4.69) is 5.32 Å². The number of nitrogens with one attached hydrogen (secondary N) is 1. The van der Waals surface area contributed by atoms with Crippen LogP contribution >= 0.6 is 11.6 Å². The molecule has 1 N–H and O–H groups in total. The van der Waals surface area contributed by atoms with Crippen LogP contribution < -0.4 is 10.1 Å². The molecule has 0 atom stereocenters. The molecule has 0 unspecified atom stereocenters. The lowest BCUT2D eigenvalue weighted by Gasteiger charge is -2.16. The van der Waals surface area contributed by atoms with Crippen molar-refractivity contribution in [2.75, 3.05) is 11.9 Å². The summed E-state index contributed by atoms with van der Waals surface area (Å²) in [4.78, 5) is 23.5. The van der Waals surface area contributed by atoms with Crippen LogP contribution in [0.2, 0.25) is 5.02 Å². The van der Waals surface area contributed by atoms with E-state index in [4.69, 9.17) is 16.3 Å². The second-order valence-electron chi connectivity index (χ2n) is 5.68. The predicted octanol–water partition coefficient (Wildman–Crippen LogP) is 4.68. The molecular weight excluding hydrogens is 338 g/mol. The first-order valence-electron chi connectivity index (χ1n) is 8.30. The van der Waals surface area contributed by atoms with Gasteiger partial charge in [0.2, 0.25) is 0 Å². The van der Waals surface area contributed by atoms with Crippen LogP contribution in [0.3, 0.4) is 0 Å². The number of anilines is 1. The monoisotopic (exact) mass is 359 g/mol. The smallest absolute Gasteiger partial charge is 0.262 e. The van der Waals surface area contributed by atoms with E-state index < -0.39 is 0 Å². The van der Waals surface area contributed by atoms with Gasteiger partial charge in [-0.1, -0.05) is 31.5 Å². The molecule has 1 amide bonds. The zero-order valence-corrected chi connectivity index (χ0v) is 15.4. The Balaban J connectivity index is 2.05. The molecule has 5 heteroatoms. The maximum absolute atomic E-state index is 12.3. The van der Waals surface area contributed by atoms with Gasteiger partial charge in [0.1, 0.15) is 5.75 Å². The molecule has 25 heavy (non-hydrogen) atoms. The molecule has 0 saturated heterocycles. The highest BCUT2D eigenvalue weighted by Crippen LogP contribution is 2.29. The van der Waals surface area contributed by atoms with Gasteiger partial charge in [0, 0.05) is 16.3 Å². The normalized spacial score (nSPS) is 10.4. The first-order valence-corrected chi connectivity index (χ1v) is 8.67. The van der Waals surface area contributed by atoms with Gasteiger partial charge in [-0.05, 0) is 61.2 Å². The summed E-state index contributed by atoms with van der Waals surface area (Å²) in [6, 6.07) is 10.5. The molecule has 0 aliphatic rings. The van der Waals surface area contributed by atoms with Gasteiger partial charge < -0.3 is 10.1 Å². The highest BCUT2D eigenvalue weighted by Gasteiger charge is 2.13. The number of ketones is 1. The third-order valence-corrected chi connectivity index (χ3v) is 4.33. The lowest BCUT2D eigenvalue weighted by molar-refractivity contribution is -0.118. The second kappa shape index (κ2) is 8.67. The molecule has 132 valence electrons. The van der Waals surface area contributed by atoms with Crippen molar-refractivity contribution < 1.29 is 14.3 Å². The van der Waals surface area contributed by atoms with Crippen molar-refractivity contribution in [2.45, 2.75) is 33.6 Å². The number of hydrogen-bond donors (Lipinski definition) is 1. The van der Waals surface area contributed by atoms with Crippen LogP contribution in [-0.2, 0) is 17.6 Å². The number of benzene rings is 2. The summed E-state index contributed by atoms with van der Waals surface area (Å²) in [5.41, 5.74) is 3.36. The molecule has 0 aliphatic heterocycles. The fraction of sp³-hybridized carbons (Fsp3) is 0.300. The van der Waals surface area contributed by atoms with Gasteiger partial charge in [0.15, 0.2) is 12.4 Å². The van der Waals surface area contributed by atoms with Crippen molar-refractivity contribution in [1.82, 2.24) is 0 Å². The summed E-state index contributed by atoms with van der Waals surface area (Å²) in [7, 11) is 0. The maximum Gasteiger partial charge on any atom is 0.262 e. The molecular formula is C20H22ClNO3. The zero-order chi connectivity index (χ0) is 18.4. The van der Waals surface area contributed by atoms with E-state index in [-0.39, 0.29) is 18.3 Å². The van der Waals surface area contributed by atoms with E-state index in [9.17, 15) is 9.59 Å². The highest BCUT2D eigenvalue weighted by atomic mass is 35.5. The summed E-state index contributed by atoms with van der Waals surface area (Å²) >= 11 is 6.25. The molecule has 0 radical (unpaired) electrons. The Morgan fingerprint density at radius 2 is 1.72 bits per heavy atom. The maximum atomic E-state index is 12.3. The summed E-state index contributed by atoms with van der Waals surface area (Å²) in [6.45, 7) is 5.43. The van der Waals surface area contributed by atoms with Gasteiger partial charge in [-0.3, -0.25) is 9.59 Å². The van der Waals surface area contributed by atoms with Crippen LogP contribution in [0.15, 0.2) is 36.4 Å². The SMILES string of the molecule is CCc1ccc(Cl)c(CC)c1NC(=O)COc1ccc(C(C)=O)cc1. The first-order chi connectivity index (χ1) is 12.0. The number of aryl methyl sites for hydroxylation is 1. The van der Waals surface area contributed by atoms with Crippen molar-refractivity contribution >= 4 is 29.0 Å². The van der Waals surface area contributed by atoms with Crippen LogP contribution in [0.5, 0.6) is 5.75 Å². The number of carbonyl (C=O) groups excluding carboxylic acids is 2. The fourth-order valence-electron chi connectivity index (χ4n) is 2.58. The van der Waals surface area contributed by atoms with Crippen molar-refractivity contribution in [1.29, 1.82) is 0 Å². The Labute approximate surface area is 153 Å². The number of halogens is 1. The van der Waals surface area contributed by atoms with Gasteiger partial charge in [0.25, 0.3) is 5.91 Å². The van der Waals surface area contributed by atoms with E-state index in [1.54, 1.807) is 24.3 Å². The first kappa shape index (κ1) is 19.0. The van der Waals surface area contributed by atoms with Gasteiger partial charge in [-0.25, -0.2) is 0 Å². The number of amides is 1. The van der Waals surface area contributed by atoms with E-state index >= 15 is 0 Å². The molecule has 0 aliphatic carbocycles. The number of ether oxygens (including phenoxy) is 1. The fourth-order valence-corrected chi connectivity index (χ4v) is 2.87. The van der Waals surface area contributed by atoms with Crippen LogP contribution in [0.1, 0.15) is 42.3 Å². The van der Waals surface area contributed by atoms with E-state index in [1.807, 2.05) is 26.0 Å². The molecule has 0 bridgehead atoms. The van der Waals surface area contributed by atoms with Gasteiger partial charge in [-0.15, -0.1) is 0 Å². The Morgan fingerprint density at radius 3 is 2.28 bits per heavy atom. The number of hydrogen-bond acceptors (Lipinski definition) is 3. The lowest BCUT2D eigenvalue weighted by atomic mass is 10.0. The number of rotatable bonds is 7. The van der Waals surface area contributed by atoms with Gasteiger partial charge in [0.05, 0.1) is 0 Å². The summed E-state index contributed by atoms with van der Waals surface area (Å²) in [5, 5.41) is 3.57. The Morgan fingerprint density at radius 1 is 1.04 bits per heavy atom. The van der Waals surface area contributed by atoms with Crippen molar-refractivity contribution in [3.05, 3.63) is 58.1 Å². The van der Waals surface area contributed by atoms with Crippen LogP contribution in [-0.4, -0.2) is 18.3 Å². The molecule has 0 spiro atoms. The summed E-state index contributed by atoms with van der Waals surface area (Å²) in [6.07, 6.45) is 1.53. The number of Topliss-reactive ketones (excluding diaryl/α,β-unsaturated/α-hetero) is 1. The van der Waals surface area contributed by atoms with Crippen molar-refractivity contribution in [3.63, 3.8) is 0 Å². The van der Waals surface area contributed by atoms with Crippen LogP contribution in [0.4, 0.5) is 5.69 Å². The lowest BCUT2D eigenvalue weighted by Crippen LogP contribution is -2.22. The zero-order valence-electron chi connectivity index (χ0n) is 14.7. The van der Waals surface area contributed by atoms with E-state index in [0.717, 1.165) is 29.7 Å². The molecule has 0 heterocycles. The van der Waals surface area contributed by atoms with E-state index in [0.29, 0.717) is 16.3 Å². The van der Waals surface area contributed by atoms with Gasteiger partial charge >= 0.3 is 0 Å². The Bertz CT molecular complexity index is 769. The topological polar surface area (TPSA) is 55.4 Å². The highest BCUT2D eigenvalue weighted by molar-refractivity contribution is 6.32. The third-order valence-electron chi connectivity index (χ3n) is 3.97. The average molecular weight is 360 g/mol. The third kappa shape index (κ3) is 4.83. The Kier molecular flexibility index (Phi) is 6.59. The quantitative estimate of drug-likeness (QED) is 0.730. The summed E-state index contributed by atoms with van der Waals surface area (Å²) in [5.74, 6) is 0.282.